The van der Waals surface area contributed by atoms with Crippen LogP contribution in [0.2, 0.25) is 0 Å². The van der Waals surface area contributed by atoms with Crippen molar-refractivity contribution in [1.29, 1.82) is 5.26 Å². The van der Waals surface area contributed by atoms with Crippen LogP contribution in [-0.2, 0) is 6.18 Å². The molecule has 0 fully saturated rings. The van der Waals surface area contributed by atoms with E-state index in [2.05, 4.69) is 25.1 Å². The molecule has 0 amide bonds. The molecule has 0 spiro atoms. The third-order valence-electron chi connectivity index (χ3n) is 3.46. The van der Waals surface area contributed by atoms with Gasteiger partial charge in [0.25, 0.3) is 0 Å². The molecule has 0 aliphatic carbocycles. The number of hydrogen-bond donors (Lipinski definition) is 1. The molecule has 0 bridgehead atoms. The van der Waals surface area contributed by atoms with Crippen LogP contribution in [0.1, 0.15) is 11.3 Å². The molecule has 0 atom stereocenters. The van der Waals surface area contributed by atoms with Crippen LogP contribution in [-0.4, -0.2) is 26.8 Å². The van der Waals surface area contributed by atoms with Crippen molar-refractivity contribution in [1.82, 2.24) is 20.4 Å². The van der Waals surface area contributed by atoms with Crippen molar-refractivity contribution in [3.05, 3.63) is 47.8 Å². The first kappa shape index (κ1) is 19.2. The summed E-state index contributed by atoms with van der Waals surface area (Å²) in [6.45, 7) is 0. The summed E-state index contributed by atoms with van der Waals surface area (Å²) >= 11 is 0. The molecule has 6 nitrogen and oxygen atoms in total. The molecule has 28 heavy (non-hydrogen) atoms. The predicted octanol–water partition coefficient (Wildman–Crippen LogP) is 4.32. The van der Waals surface area contributed by atoms with Gasteiger partial charge >= 0.3 is 12.5 Å². The zero-order chi connectivity index (χ0) is 20.5. The molecule has 3 aromatic rings. The molecule has 0 saturated heterocycles. The second-order valence-electron chi connectivity index (χ2n) is 5.37. The smallest absolute Gasteiger partial charge is 0.406 e. The summed E-state index contributed by atoms with van der Waals surface area (Å²) in [5, 5.41) is 18.4. The molecule has 0 radical (unpaired) electrons. The van der Waals surface area contributed by atoms with Crippen molar-refractivity contribution in [2.75, 3.05) is 0 Å². The molecule has 2 aromatic heterocycles. The monoisotopic (exact) mass is 399 g/mol. The maximum Gasteiger partial charge on any atom is 0.573 e. The Morgan fingerprint density at radius 2 is 1.71 bits per heavy atom. The van der Waals surface area contributed by atoms with Crippen LogP contribution < -0.4 is 4.74 Å². The number of nitriles is 1. The molecular formula is C16H7F6N5O. The van der Waals surface area contributed by atoms with Crippen LogP contribution in [0.3, 0.4) is 0 Å². The Morgan fingerprint density at radius 3 is 2.29 bits per heavy atom. The lowest BCUT2D eigenvalue weighted by Crippen LogP contribution is -2.17. The van der Waals surface area contributed by atoms with E-state index in [1.165, 1.54) is 6.07 Å². The molecule has 3 rings (SSSR count). The van der Waals surface area contributed by atoms with Crippen LogP contribution in [0.15, 0.2) is 36.5 Å². The average molecular weight is 399 g/mol. The number of benzene rings is 1. The number of nitrogens with one attached hydrogen (secondary N) is 1. The molecular weight excluding hydrogens is 392 g/mol. The summed E-state index contributed by atoms with van der Waals surface area (Å²) < 4.78 is 79.8. The first-order valence-corrected chi connectivity index (χ1v) is 7.33. The van der Waals surface area contributed by atoms with Gasteiger partial charge in [-0.3, -0.25) is 4.98 Å². The second kappa shape index (κ2) is 6.84. The highest BCUT2D eigenvalue weighted by Gasteiger charge is 2.32. The van der Waals surface area contributed by atoms with E-state index in [0.29, 0.717) is 6.20 Å². The summed E-state index contributed by atoms with van der Waals surface area (Å²) in [4.78, 5) is 3.65. The number of hydrogen-bond acceptors (Lipinski definition) is 5. The number of nitrogens with zero attached hydrogens (tertiary/aromatic N) is 4. The minimum absolute atomic E-state index is 0.0253. The van der Waals surface area contributed by atoms with Crippen LogP contribution in [0, 0.1) is 11.3 Å². The van der Waals surface area contributed by atoms with Crippen molar-refractivity contribution in [2.45, 2.75) is 12.5 Å². The lowest BCUT2D eigenvalue weighted by Gasteiger charge is -2.12. The van der Waals surface area contributed by atoms with Crippen LogP contribution in [0.25, 0.3) is 22.5 Å². The van der Waals surface area contributed by atoms with Crippen molar-refractivity contribution >= 4 is 0 Å². The van der Waals surface area contributed by atoms with Crippen LogP contribution >= 0.6 is 0 Å². The van der Waals surface area contributed by atoms with Crippen molar-refractivity contribution in [2.24, 2.45) is 0 Å². The molecule has 144 valence electrons. The summed E-state index contributed by atoms with van der Waals surface area (Å²) in [6, 6.07) is 6.73. The van der Waals surface area contributed by atoms with Crippen molar-refractivity contribution in [3.63, 3.8) is 0 Å². The van der Waals surface area contributed by atoms with Gasteiger partial charge in [-0.25, -0.2) is 5.10 Å². The summed E-state index contributed by atoms with van der Waals surface area (Å²) in [6.07, 6.45) is -9.06. The molecule has 1 aromatic carbocycles. The van der Waals surface area contributed by atoms with Gasteiger partial charge in [-0.15, -0.1) is 18.3 Å². The summed E-state index contributed by atoms with van der Waals surface area (Å²) in [5.41, 5.74) is -1.16. The van der Waals surface area contributed by atoms with E-state index < -0.39 is 23.9 Å². The maximum absolute atomic E-state index is 12.7. The first-order chi connectivity index (χ1) is 13.1. The molecule has 0 unspecified atom stereocenters. The quantitative estimate of drug-likeness (QED) is 0.663. The normalized spacial score (nSPS) is 11.9. The minimum atomic E-state index is -5.01. The molecule has 0 aliphatic heterocycles. The summed E-state index contributed by atoms with van der Waals surface area (Å²) in [7, 11) is 0. The number of pyridine rings is 1. The fraction of sp³-hybridized carbons (Fsp3) is 0.125. The highest BCUT2D eigenvalue weighted by Crippen LogP contribution is 2.34. The predicted molar refractivity (Wildman–Crippen MR) is 81.4 cm³/mol. The van der Waals surface area contributed by atoms with Gasteiger partial charge in [0.1, 0.15) is 17.5 Å². The van der Waals surface area contributed by atoms with E-state index in [1.807, 2.05) is 0 Å². The number of alkyl halides is 6. The highest BCUT2D eigenvalue weighted by molar-refractivity contribution is 5.74. The van der Waals surface area contributed by atoms with Gasteiger partial charge in [-0.05, 0) is 30.3 Å². The molecule has 0 saturated carbocycles. The average Bonchev–Trinajstić information content (AvgIpc) is 3.08. The Morgan fingerprint density at radius 1 is 1.00 bits per heavy atom. The first-order valence-electron chi connectivity index (χ1n) is 7.33. The Balaban J connectivity index is 2.11. The van der Waals surface area contributed by atoms with E-state index in [9.17, 15) is 26.3 Å². The van der Waals surface area contributed by atoms with Gasteiger partial charge in [0.2, 0.25) is 0 Å². The van der Waals surface area contributed by atoms with Crippen molar-refractivity contribution in [3.8, 4) is 34.3 Å². The SMILES string of the molecule is N#Cc1[nH]nnc1-c1cc(OC(F)(F)F)cc(-c2ccc(C(F)(F)F)cn2)c1. The Hall–Kier alpha value is -3.62. The standard InChI is InChI=1S/C16H7F6N5O/c17-15(18,19)10-1-2-12(24-7-10)8-3-9(14-13(6-23)25-27-26-14)5-11(4-8)28-16(20,21)22/h1-5,7H,(H,25,26,27). The molecule has 2 heterocycles. The minimum Gasteiger partial charge on any atom is -0.406 e. The maximum atomic E-state index is 12.7. The van der Waals surface area contributed by atoms with E-state index >= 15 is 0 Å². The van der Waals surface area contributed by atoms with Crippen molar-refractivity contribution < 1.29 is 31.1 Å². The van der Waals surface area contributed by atoms with Gasteiger partial charge in [0, 0.05) is 17.3 Å². The van der Waals surface area contributed by atoms with Crippen LogP contribution in [0.5, 0.6) is 5.75 Å². The third-order valence-corrected chi connectivity index (χ3v) is 3.46. The zero-order valence-electron chi connectivity index (χ0n) is 13.4. The molecule has 0 aliphatic rings. The number of aromatic nitrogens is 4. The molecule has 12 heteroatoms. The highest BCUT2D eigenvalue weighted by atomic mass is 19.4. The number of ether oxygens (including phenoxy) is 1. The van der Waals surface area contributed by atoms with Gasteiger partial charge in [-0.2, -0.15) is 18.4 Å². The number of halogens is 6. The Labute approximate surface area is 152 Å². The van der Waals surface area contributed by atoms with Gasteiger partial charge in [0.15, 0.2) is 5.69 Å². The number of H-pyrrole nitrogens is 1. The largest absolute Gasteiger partial charge is 0.573 e. The summed E-state index contributed by atoms with van der Waals surface area (Å²) in [5.74, 6) is -0.659. The number of rotatable bonds is 3. The second-order valence-corrected chi connectivity index (χ2v) is 5.37. The van der Waals surface area contributed by atoms with E-state index in [0.717, 1.165) is 24.3 Å². The van der Waals surface area contributed by atoms with E-state index in [4.69, 9.17) is 5.26 Å². The fourth-order valence-corrected chi connectivity index (χ4v) is 2.32. The Kier molecular flexibility index (Phi) is 4.68. The Bertz CT molecular complexity index is 1030. The van der Waals surface area contributed by atoms with Gasteiger partial charge < -0.3 is 4.74 Å². The zero-order valence-corrected chi connectivity index (χ0v) is 13.4. The lowest BCUT2D eigenvalue weighted by atomic mass is 10.0. The van der Waals surface area contributed by atoms with Gasteiger partial charge in [0.05, 0.1) is 11.3 Å². The lowest BCUT2D eigenvalue weighted by molar-refractivity contribution is -0.274. The van der Waals surface area contributed by atoms with E-state index in [-0.39, 0.29) is 28.2 Å². The fourth-order valence-electron chi connectivity index (χ4n) is 2.32. The number of aromatic amines is 1. The van der Waals surface area contributed by atoms with Gasteiger partial charge in [-0.1, -0.05) is 5.21 Å². The van der Waals surface area contributed by atoms with Crippen LogP contribution in [0.4, 0.5) is 26.3 Å². The molecule has 1 N–H and O–H groups in total. The van der Waals surface area contributed by atoms with E-state index in [1.54, 1.807) is 6.07 Å². The topological polar surface area (TPSA) is 87.5 Å². The third kappa shape index (κ3) is 4.20.